The van der Waals surface area contributed by atoms with Crippen molar-refractivity contribution in [3.63, 3.8) is 0 Å². The van der Waals surface area contributed by atoms with Gasteiger partial charge in [-0.3, -0.25) is 9.59 Å². The second-order valence-electron chi connectivity index (χ2n) is 4.86. The predicted molar refractivity (Wildman–Crippen MR) is 112 cm³/mol. The van der Waals surface area contributed by atoms with Crippen LogP contribution in [-0.4, -0.2) is 34.2 Å². The first kappa shape index (κ1) is 23.9. The predicted octanol–water partition coefficient (Wildman–Crippen LogP) is 5.06. The minimum Gasteiger partial charge on any atom is -0.508 e. The van der Waals surface area contributed by atoms with Gasteiger partial charge in [0.15, 0.2) is 5.78 Å². The van der Waals surface area contributed by atoms with Gasteiger partial charge in [0.1, 0.15) is 17.9 Å². The van der Waals surface area contributed by atoms with Crippen LogP contribution in [0.3, 0.4) is 0 Å². The molecule has 0 amide bonds. The number of hydrogen-bond donors (Lipinski definition) is 3. The Morgan fingerprint density at radius 2 is 1.70 bits per heavy atom. The fraction of sp³-hybridized carbons (Fsp3) is 0.286. The van der Waals surface area contributed by atoms with Crippen LogP contribution >= 0.6 is 0 Å². The number of benzene rings is 1. The summed E-state index contributed by atoms with van der Waals surface area (Å²) in [6, 6.07) is 9.80. The maximum atomic E-state index is 11.1. The standard InChI is InChI=1S/C10H11N3O.C7H6O2.2C2H6/c1-6(14)8-3-7-4-10(11-2)12-5-9(7)13-8;8-5-6-1-3-7(9)4-2-6;2*1-2/h3-5,13H,1-2H3,(H,11,12);1-5,9H;2*1-2H3. The molecule has 2 aromatic heterocycles. The van der Waals surface area contributed by atoms with E-state index in [1.165, 1.54) is 19.1 Å². The number of phenolic OH excluding ortho intramolecular Hbond substituents is 1. The molecule has 0 unspecified atom stereocenters. The molecule has 0 aliphatic rings. The molecule has 0 bridgehead atoms. The van der Waals surface area contributed by atoms with Crippen molar-refractivity contribution in [1.82, 2.24) is 9.97 Å². The average Bonchev–Trinajstić information content (AvgIpc) is 3.16. The number of carbonyl (C=O) groups excluding carboxylic acids is 2. The van der Waals surface area contributed by atoms with Gasteiger partial charge in [-0.2, -0.15) is 0 Å². The topological polar surface area (TPSA) is 95.1 Å². The summed E-state index contributed by atoms with van der Waals surface area (Å²) < 4.78 is 0. The Labute approximate surface area is 160 Å². The van der Waals surface area contributed by atoms with Crippen LogP contribution in [0.1, 0.15) is 55.5 Å². The zero-order valence-electron chi connectivity index (χ0n) is 16.8. The Morgan fingerprint density at radius 1 is 1.11 bits per heavy atom. The van der Waals surface area contributed by atoms with Gasteiger partial charge in [0.2, 0.25) is 0 Å². The monoisotopic (exact) mass is 371 g/mol. The van der Waals surface area contributed by atoms with Crippen molar-refractivity contribution >= 4 is 28.8 Å². The molecule has 2 heterocycles. The number of aromatic nitrogens is 2. The molecule has 0 fully saturated rings. The van der Waals surface area contributed by atoms with Crippen molar-refractivity contribution in [1.29, 1.82) is 0 Å². The molecule has 0 aliphatic carbocycles. The highest BCUT2D eigenvalue weighted by Gasteiger charge is 2.05. The van der Waals surface area contributed by atoms with Crippen molar-refractivity contribution in [2.75, 3.05) is 12.4 Å². The highest BCUT2D eigenvalue weighted by molar-refractivity contribution is 5.98. The largest absolute Gasteiger partial charge is 0.508 e. The summed E-state index contributed by atoms with van der Waals surface area (Å²) in [4.78, 5) is 28.3. The normalized spacial score (nSPS) is 8.81. The molecule has 3 N–H and O–H groups in total. The number of Topliss-reactive ketones (excluding diaryl/α,β-unsaturated/α-hetero) is 1. The summed E-state index contributed by atoms with van der Waals surface area (Å²) in [6.45, 7) is 9.54. The van der Waals surface area contributed by atoms with Gasteiger partial charge < -0.3 is 15.4 Å². The minimum atomic E-state index is 0.0345. The van der Waals surface area contributed by atoms with E-state index in [0.29, 0.717) is 11.3 Å². The highest BCUT2D eigenvalue weighted by Crippen LogP contribution is 2.17. The maximum absolute atomic E-state index is 11.1. The summed E-state index contributed by atoms with van der Waals surface area (Å²) in [7, 11) is 1.81. The van der Waals surface area contributed by atoms with E-state index in [0.717, 1.165) is 23.0 Å². The van der Waals surface area contributed by atoms with Gasteiger partial charge in [0, 0.05) is 24.9 Å². The second kappa shape index (κ2) is 13.1. The number of carbonyl (C=O) groups is 2. The number of fused-ring (bicyclic) bond motifs is 1. The molecule has 0 saturated carbocycles. The Balaban J connectivity index is 0.000000451. The third-order valence-electron chi connectivity index (χ3n) is 3.17. The number of aromatic hydroxyl groups is 1. The molecule has 27 heavy (non-hydrogen) atoms. The quantitative estimate of drug-likeness (QED) is 0.441. The van der Waals surface area contributed by atoms with Gasteiger partial charge in [-0.1, -0.05) is 27.7 Å². The zero-order chi connectivity index (χ0) is 20.8. The zero-order valence-corrected chi connectivity index (χ0v) is 16.8. The lowest BCUT2D eigenvalue weighted by Crippen LogP contribution is -1.90. The van der Waals surface area contributed by atoms with Crippen LogP contribution < -0.4 is 5.32 Å². The van der Waals surface area contributed by atoms with Crippen LogP contribution in [0.15, 0.2) is 42.6 Å². The van der Waals surface area contributed by atoms with E-state index in [1.54, 1.807) is 18.3 Å². The molecule has 6 nitrogen and oxygen atoms in total. The van der Waals surface area contributed by atoms with Gasteiger partial charge in [-0.05, 0) is 36.4 Å². The fourth-order valence-electron chi connectivity index (χ4n) is 1.91. The average molecular weight is 371 g/mol. The van der Waals surface area contributed by atoms with E-state index in [9.17, 15) is 9.59 Å². The number of H-pyrrole nitrogens is 1. The smallest absolute Gasteiger partial charge is 0.175 e. The lowest BCUT2D eigenvalue weighted by Gasteiger charge is -1.96. The van der Waals surface area contributed by atoms with Crippen LogP contribution in [0, 0.1) is 0 Å². The van der Waals surface area contributed by atoms with Gasteiger partial charge in [-0.15, -0.1) is 0 Å². The molecule has 3 rings (SSSR count). The molecule has 6 heteroatoms. The first-order valence-electron chi connectivity index (χ1n) is 8.95. The SMILES string of the molecule is CC.CC.CNc1cc2cc(C(C)=O)[nH]c2cn1.O=Cc1ccc(O)cc1. The van der Waals surface area contributed by atoms with E-state index >= 15 is 0 Å². The van der Waals surface area contributed by atoms with Crippen molar-refractivity contribution < 1.29 is 14.7 Å². The second-order valence-corrected chi connectivity index (χ2v) is 4.86. The number of ketones is 1. The summed E-state index contributed by atoms with van der Waals surface area (Å²) in [5.74, 6) is 1.01. The summed E-state index contributed by atoms with van der Waals surface area (Å²) in [5, 5.41) is 12.7. The Kier molecular flexibility index (Phi) is 11.6. The van der Waals surface area contributed by atoms with Gasteiger partial charge >= 0.3 is 0 Å². The van der Waals surface area contributed by atoms with E-state index in [1.807, 2.05) is 46.9 Å². The molecule has 3 aromatic rings. The van der Waals surface area contributed by atoms with Crippen LogP contribution in [0.2, 0.25) is 0 Å². The van der Waals surface area contributed by atoms with Crippen LogP contribution in [0.5, 0.6) is 5.75 Å². The molecule has 1 aromatic carbocycles. The first-order valence-corrected chi connectivity index (χ1v) is 8.95. The van der Waals surface area contributed by atoms with Crippen molar-refractivity contribution in [2.45, 2.75) is 34.6 Å². The molecule has 146 valence electrons. The van der Waals surface area contributed by atoms with Crippen molar-refractivity contribution in [3.8, 4) is 5.75 Å². The number of nitrogens with one attached hydrogen (secondary N) is 2. The number of hydrogen-bond acceptors (Lipinski definition) is 5. The third-order valence-corrected chi connectivity index (χ3v) is 3.17. The number of pyridine rings is 1. The molecule has 0 saturated heterocycles. The van der Waals surface area contributed by atoms with Gasteiger partial charge in [0.25, 0.3) is 0 Å². The fourth-order valence-corrected chi connectivity index (χ4v) is 1.91. The van der Waals surface area contributed by atoms with Crippen molar-refractivity contribution in [3.05, 3.63) is 53.9 Å². The van der Waals surface area contributed by atoms with E-state index in [4.69, 9.17) is 5.11 Å². The molecule has 0 aliphatic heterocycles. The molecule has 0 radical (unpaired) electrons. The molecular formula is C21H29N3O3. The molecule has 0 spiro atoms. The van der Waals surface area contributed by atoms with Gasteiger partial charge in [-0.25, -0.2) is 4.98 Å². The van der Waals surface area contributed by atoms with Crippen LogP contribution in [0.4, 0.5) is 5.82 Å². The first-order chi connectivity index (χ1) is 13.0. The number of aldehydes is 1. The lowest BCUT2D eigenvalue weighted by atomic mass is 10.2. The maximum Gasteiger partial charge on any atom is 0.175 e. The number of aromatic amines is 1. The minimum absolute atomic E-state index is 0.0345. The Morgan fingerprint density at radius 3 is 2.19 bits per heavy atom. The van der Waals surface area contributed by atoms with Gasteiger partial charge in [0.05, 0.1) is 17.4 Å². The van der Waals surface area contributed by atoms with E-state index in [2.05, 4.69) is 15.3 Å². The summed E-state index contributed by atoms with van der Waals surface area (Å²) >= 11 is 0. The molecule has 0 atom stereocenters. The number of phenols is 1. The summed E-state index contributed by atoms with van der Waals surface area (Å²) in [6.07, 6.45) is 2.45. The van der Waals surface area contributed by atoms with E-state index in [-0.39, 0.29) is 11.5 Å². The van der Waals surface area contributed by atoms with Crippen LogP contribution in [-0.2, 0) is 0 Å². The molecular weight excluding hydrogens is 342 g/mol. The van der Waals surface area contributed by atoms with Crippen molar-refractivity contribution in [2.24, 2.45) is 0 Å². The Bertz CT molecular complexity index is 824. The lowest BCUT2D eigenvalue weighted by molar-refractivity contribution is 0.101. The number of rotatable bonds is 3. The third kappa shape index (κ3) is 7.73. The summed E-state index contributed by atoms with van der Waals surface area (Å²) in [5.41, 5.74) is 2.08. The highest BCUT2D eigenvalue weighted by atomic mass is 16.3. The Hall–Kier alpha value is -3.15. The van der Waals surface area contributed by atoms with Crippen LogP contribution in [0.25, 0.3) is 10.9 Å². The number of nitrogens with zero attached hydrogens (tertiary/aromatic N) is 1. The van der Waals surface area contributed by atoms with E-state index < -0.39 is 0 Å². The number of anilines is 1.